The minimum atomic E-state index is -1.02. The van der Waals surface area contributed by atoms with Gasteiger partial charge in [-0.2, -0.15) is 0 Å². The number of nitrogens with one attached hydrogen (secondary N) is 3. The molecule has 2 aromatic carbocycles. The van der Waals surface area contributed by atoms with Gasteiger partial charge in [0.15, 0.2) is 0 Å². The number of benzene rings is 2. The number of halogens is 1. The maximum absolute atomic E-state index is 12.9. The first kappa shape index (κ1) is 23.6. The zero-order chi connectivity index (χ0) is 25.6. The van der Waals surface area contributed by atoms with E-state index >= 15 is 0 Å². The van der Waals surface area contributed by atoms with E-state index in [1.807, 2.05) is 25.1 Å². The summed E-state index contributed by atoms with van der Waals surface area (Å²) in [7, 11) is 0. The second-order valence-electron chi connectivity index (χ2n) is 8.90. The molecule has 3 N–H and O–H groups in total. The van der Waals surface area contributed by atoms with E-state index in [1.54, 1.807) is 23.1 Å². The number of urea groups is 1. The van der Waals surface area contributed by atoms with Crippen LogP contribution in [0.15, 0.2) is 48.2 Å². The van der Waals surface area contributed by atoms with Crippen molar-refractivity contribution in [2.45, 2.75) is 38.9 Å². The molecule has 2 aromatic rings. The van der Waals surface area contributed by atoms with Gasteiger partial charge in [-0.1, -0.05) is 23.7 Å². The van der Waals surface area contributed by atoms with Crippen LogP contribution in [0.3, 0.4) is 0 Å². The highest BCUT2D eigenvalue weighted by Crippen LogP contribution is 2.29. The third-order valence-electron chi connectivity index (χ3n) is 6.39. The Morgan fingerprint density at radius 3 is 2.53 bits per heavy atom. The van der Waals surface area contributed by atoms with Crippen LogP contribution in [-0.2, 0) is 32.3 Å². The number of aryl methyl sites for hydroxylation is 1. The summed E-state index contributed by atoms with van der Waals surface area (Å²) >= 11 is 6.14. The molecule has 1 atom stereocenters. The van der Waals surface area contributed by atoms with Gasteiger partial charge in [0.25, 0.3) is 11.8 Å². The molecule has 3 heterocycles. The standard InChI is InChI=1S/C25H22ClN5O5/c1-13-2-4-17(9-18(13)26)28-25(36)30-11-14-3-5-16(8-15(14)12-30)27-19-10-22(33)31(24(19)35)20-6-7-21(32)29-23(20)34/h2-5,8-10,20,27H,6-7,11-12H2,1H3,(H,28,36)(H,29,32,34). The van der Waals surface area contributed by atoms with Gasteiger partial charge in [0.05, 0.1) is 0 Å². The Balaban J connectivity index is 1.24. The molecule has 0 aromatic heterocycles. The molecular formula is C25H22ClN5O5. The topological polar surface area (TPSA) is 128 Å². The largest absolute Gasteiger partial charge is 0.351 e. The molecule has 3 aliphatic heterocycles. The van der Waals surface area contributed by atoms with E-state index in [1.165, 1.54) is 0 Å². The van der Waals surface area contributed by atoms with Crippen molar-refractivity contribution < 1.29 is 24.0 Å². The summed E-state index contributed by atoms with van der Waals surface area (Å²) in [5.41, 5.74) is 3.99. The molecule has 6 amide bonds. The molecule has 10 nitrogen and oxygen atoms in total. The minimum absolute atomic E-state index is 0.0356. The van der Waals surface area contributed by atoms with Crippen LogP contribution >= 0.6 is 11.6 Å². The summed E-state index contributed by atoms with van der Waals surface area (Å²) in [4.78, 5) is 64.2. The summed E-state index contributed by atoms with van der Waals surface area (Å²) in [6.45, 7) is 2.67. The maximum atomic E-state index is 12.9. The lowest BCUT2D eigenvalue weighted by Crippen LogP contribution is -2.54. The lowest BCUT2D eigenvalue weighted by atomic mass is 10.0. The van der Waals surface area contributed by atoms with Crippen molar-refractivity contribution in [2.75, 3.05) is 10.6 Å². The highest BCUT2D eigenvalue weighted by molar-refractivity contribution is 6.31. The van der Waals surface area contributed by atoms with E-state index in [0.717, 1.165) is 27.7 Å². The zero-order valence-corrected chi connectivity index (χ0v) is 20.0. The second kappa shape index (κ2) is 9.12. The van der Waals surface area contributed by atoms with Gasteiger partial charge in [0.1, 0.15) is 11.7 Å². The van der Waals surface area contributed by atoms with Crippen molar-refractivity contribution in [3.63, 3.8) is 0 Å². The van der Waals surface area contributed by atoms with Gasteiger partial charge in [-0.05, 0) is 54.3 Å². The molecule has 36 heavy (non-hydrogen) atoms. The Bertz CT molecular complexity index is 1370. The fourth-order valence-corrected chi connectivity index (χ4v) is 4.62. The predicted octanol–water partition coefficient (Wildman–Crippen LogP) is 2.67. The number of amides is 6. The van der Waals surface area contributed by atoms with Gasteiger partial charge in [-0.3, -0.25) is 29.4 Å². The molecule has 3 aliphatic rings. The first-order chi connectivity index (χ1) is 17.2. The van der Waals surface area contributed by atoms with Crippen LogP contribution in [0, 0.1) is 6.92 Å². The zero-order valence-electron chi connectivity index (χ0n) is 19.3. The Hall–Kier alpha value is -4.18. The lowest BCUT2D eigenvalue weighted by Gasteiger charge is -2.28. The van der Waals surface area contributed by atoms with Crippen molar-refractivity contribution in [1.29, 1.82) is 0 Å². The van der Waals surface area contributed by atoms with Gasteiger partial charge < -0.3 is 15.5 Å². The van der Waals surface area contributed by atoms with E-state index in [9.17, 15) is 24.0 Å². The molecule has 0 aliphatic carbocycles. The van der Waals surface area contributed by atoms with E-state index in [-0.39, 0.29) is 24.6 Å². The SMILES string of the molecule is Cc1ccc(NC(=O)N2Cc3ccc(NC4=CC(=O)N(C5CCC(=O)NC5=O)C4=O)cc3C2)cc1Cl. The number of imide groups is 2. The van der Waals surface area contributed by atoms with Gasteiger partial charge >= 0.3 is 6.03 Å². The number of fused-ring (bicyclic) bond motifs is 1. The van der Waals surface area contributed by atoms with Crippen molar-refractivity contribution in [3.05, 3.63) is 69.9 Å². The number of hydrogen-bond donors (Lipinski definition) is 3. The molecule has 0 radical (unpaired) electrons. The van der Waals surface area contributed by atoms with Gasteiger partial charge in [0, 0.05) is 42.0 Å². The van der Waals surface area contributed by atoms with E-state index in [4.69, 9.17) is 11.6 Å². The van der Waals surface area contributed by atoms with Crippen LogP contribution in [0.2, 0.25) is 5.02 Å². The van der Waals surface area contributed by atoms with Crippen molar-refractivity contribution >= 4 is 52.6 Å². The first-order valence-electron chi connectivity index (χ1n) is 11.3. The maximum Gasteiger partial charge on any atom is 0.322 e. The van der Waals surface area contributed by atoms with Gasteiger partial charge in [-0.25, -0.2) is 4.79 Å². The molecule has 5 rings (SSSR count). The molecule has 11 heteroatoms. The molecule has 0 bridgehead atoms. The molecule has 1 unspecified atom stereocenters. The number of anilines is 2. The Morgan fingerprint density at radius 1 is 1.03 bits per heavy atom. The smallest absolute Gasteiger partial charge is 0.322 e. The first-order valence-corrected chi connectivity index (χ1v) is 11.7. The molecule has 0 saturated carbocycles. The van der Waals surface area contributed by atoms with Crippen molar-refractivity contribution in [2.24, 2.45) is 0 Å². The van der Waals surface area contributed by atoms with Crippen LogP contribution < -0.4 is 16.0 Å². The van der Waals surface area contributed by atoms with E-state index in [2.05, 4.69) is 16.0 Å². The fourth-order valence-electron chi connectivity index (χ4n) is 4.44. The predicted molar refractivity (Wildman–Crippen MR) is 131 cm³/mol. The summed E-state index contributed by atoms with van der Waals surface area (Å²) in [5.74, 6) is -2.33. The second-order valence-corrected chi connectivity index (χ2v) is 9.30. The van der Waals surface area contributed by atoms with Crippen LogP contribution in [-0.4, -0.2) is 45.5 Å². The number of nitrogens with zero attached hydrogens (tertiary/aromatic N) is 2. The minimum Gasteiger partial charge on any atom is -0.351 e. The molecule has 0 spiro atoms. The van der Waals surface area contributed by atoms with Crippen LogP contribution in [0.5, 0.6) is 0 Å². The molecule has 1 fully saturated rings. The number of piperidine rings is 1. The van der Waals surface area contributed by atoms with Crippen molar-refractivity contribution in [1.82, 2.24) is 15.1 Å². The third-order valence-corrected chi connectivity index (χ3v) is 6.80. The van der Waals surface area contributed by atoms with Gasteiger partial charge in [0.2, 0.25) is 11.8 Å². The number of carbonyl (C=O) groups excluding carboxylic acids is 5. The molecular weight excluding hydrogens is 486 g/mol. The summed E-state index contributed by atoms with van der Waals surface area (Å²) in [5, 5.41) is 8.54. The monoisotopic (exact) mass is 507 g/mol. The Morgan fingerprint density at radius 2 is 1.78 bits per heavy atom. The van der Waals surface area contributed by atoms with Crippen molar-refractivity contribution in [3.8, 4) is 0 Å². The van der Waals surface area contributed by atoms with Crippen LogP contribution in [0.25, 0.3) is 0 Å². The lowest BCUT2D eigenvalue weighted by molar-refractivity contribution is -0.149. The third kappa shape index (κ3) is 4.42. The highest BCUT2D eigenvalue weighted by Gasteiger charge is 2.42. The van der Waals surface area contributed by atoms with Crippen LogP contribution in [0.4, 0.5) is 16.2 Å². The summed E-state index contributed by atoms with van der Waals surface area (Å²) in [6, 6.07) is 9.47. The average Bonchev–Trinajstić information content (AvgIpc) is 3.37. The Kier molecular flexibility index (Phi) is 5.97. The summed E-state index contributed by atoms with van der Waals surface area (Å²) < 4.78 is 0. The van der Waals surface area contributed by atoms with E-state index in [0.29, 0.717) is 29.5 Å². The number of rotatable bonds is 4. The highest BCUT2D eigenvalue weighted by atomic mass is 35.5. The quantitative estimate of drug-likeness (QED) is 0.546. The normalized spacial score (nSPS) is 19.3. The van der Waals surface area contributed by atoms with Crippen LogP contribution in [0.1, 0.15) is 29.5 Å². The molecule has 184 valence electrons. The average molecular weight is 508 g/mol. The van der Waals surface area contributed by atoms with Gasteiger partial charge in [-0.15, -0.1) is 0 Å². The Labute approximate surface area is 211 Å². The fraction of sp³-hybridized carbons (Fsp3) is 0.240. The molecule has 1 saturated heterocycles. The summed E-state index contributed by atoms with van der Waals surface area (Å²) in [6.07, 6.45) is 1.29. The van der Waals surface area contributed by atoms with E-state index < -0.39 is 29.7 Å². The number of carbonyl (C=O) groups is 5. The number of hydrogen-bond acceptors (Lipinski definition) is 6.